The van der Waals surface area contributed by atoms with Crippen molar-refractivity contribution >= 4 is 39.3 Å². The number of allylic oxidation sites excluding steroid dienone is 3. The molecule has 0 bridgehead atoms. The van der Waals surface area contributed by atoms with Gasteiger partial charge in [-0.15, -0.1) is 0 Å². The Labute approximate surface area is 138 Å². The highest BCUT2D eigenvalue weighted by molar-refractivity contribution is 6.15. The van der Waals surface area contributed by atoms with Crippen LogP contribution in [-0.4, -0.2) is 0 Å². The molecule has 0 amide bonds. The molecule has 0 unspecified atom stereocenters. The minimum Gasteiger partial charge on any atom is -0.0870 e. The fraction of sp³-hybridized carbons (Fsp3) is 0.217. The molecule has 0 nitrogen and oxygen atoms in total. The molecule has 3 aromatic rings. The molecule has 0 aliphatic carbocycles. The van der Waals surface area contributed by atoms with Crippen molar-refractivity contribution in [3.63, 3.8) is 0 Å². The maximum absolute atomic E-state index is 2.28. The molecule has 0 aromatic heterocycles. The van der Waals surface area contributed by atoms with Gasteiger partial charge < -0.3 is 0 Å². The van der Waals surface area contributed by atoms with E-state index in [0.29, 0.717) is 0 Å². The molecule has 0 heterocycles. The molecular formula is C23H24. The normalized spacial score (nSPS) is 13.8. The summed E-state index contributed by atoms with van der Waals surface area (Å²) < 4.78 is 0. The van der Waals surface area contributed by atoms with E-state index in [1.165, 1.54) is 49.0 Å². The third-order valence-electron chi connectivity index (χ3n) is 4.83. The molecule has 0 aliphatic rings. The van der Waals surface area contributed by atoms with Gasteiger partial charge in [-0.05, 0) is 83.6 Å². The van der Waals surface area contributed by atoms with E-state index in [4.69, 9.17) is 0 Å². The largest absolute Gasteiger partial charge is 0.0870 e. The van der Waals surface area contributed by atoms with Crippen LogP contribution >= 0.6 is 0 Å². The lowest BCUT2D eigenvalue weighted by molar-refractivity contribution is 1.49. The quantitative estimate of drug-likeness (QED) is 0.522. The highest BCUT2D eigenvalue weighted by atomic mass is 14.2. The Morgan fingerprint density at radius 3 is 2.30 bits per heavy atom. The lowest BCUT2D eigenvalue weighted by atomic mass is 9.86. The standard InChI is InChI=1S/C23H24/c1-6-10-19-21-14-13-16(5)18-11-9-12-20(23(18)21)17(8-3)22(19)15(4)7-2/h6-14H,1-5H3/b10-6-,15-7-,17-8-. The van der Waals surface area contributed by atoms with E-state index in [9.17, 15) is 0 Å². The van der Waals surface area contributed by atoms with Crippen LogP contribution in [0.1, 0.15) is 44.4 Å². The Morgan fingerprint density at radius 1 is 0.913 bits per heavy atom. The molecule has 0 heteroatoms. The first-order valence-corrected chi connectivity index (χ1v) is 8.34. The predicted octanol–water partition coefficient (Wildman–Crippen LogP) is 6.28. The zero-order valence-corrected chi connectivity index (χ0v) is 14.7. The lowest BCUT2D eigenvalue weighted by Crippen LogP contribution is -2.12. The van der Waals surface area contributed by atoms with Gasteiger partial charge in [0.1, 0.15) is 0 Å². The maximum Gasteiger partial charge on any atom is -0.00238 e. The van der Waals surface area contributed by atoms with Crippen molar-refractivity contribution < 1.29 is 0 Å². The fourth-order valence-corrected chi connectivity index (χ4v) is 3.62. The van der Waals surface area contributed by atoms with E-state index < -0.39 is 0 Å². The second-order valence-corrected chi connectivity index (χ2v) is 6.12. The van der Waals surface area contributed by atoms with Crippen LogP contribution < -0.4 is 5.22 Å². The first-order chi connectivity index (χ1) is 11.1. The number of rotatable bonds is 2. The molecule has 0 atom stereocenters. The van der Waals surface area contributed by atoms with Crippen LogP contribution in [0.4, 0.5) is 0 Å². The summed E-state index contributed by atoms with van der Waals surface area (Å²) in [5.41, 5.74) is 5.36. The molecule has 116 valence electrons. The topological polar surface area (TPSA) is 0 Å². The summed E-state index contributed by atoms with van der Waals surface area (Å²) in [6.45, 7) is 10.8. The second-order valence-electron chi connectivity index (χ2n) is 6.12. The number of hydrogen-bond acceptors (Lipinski definition) is 0. The number of aryl methyl sites for hydroxylation is 1. The molecule has 3 aromatic carbocycles. The van der Waals surface area contributed by atoms with Crippen LogP contribution in [0.2, 0.25) is 0 Å². The molecule has 0 saturated carbocycles. The average Bonchev–Trinajstić information content (AvgIpc) is 2.58. The van der Waals surface area contributed by atoms with Crippen LogP contribution in [0.5, 0.6) is 0 Å². The van der Waals surface area contributed by atoms with Gasteiger partial charge in [0.15, 0.2) is 0 Å². The second kappa shape index (κ2) is 6.04. The summed E-state index contributed by atoms with van der Waals surface area (Å²) >= 11 is 0. The molecule has 23 heavy (non-hydrogen) atoms. The molecular weight excluding hydrogens is 276 g/mol. The summed E-state index contributed by atoms with van der Waals surface area (Å²) in [5.74, 6) is 0. The molecule has 0 radical (unpaired) electrons. The zero-order valence-electron chi connectivity index (χ0n) is 14.7. The van der Waals surface area contributed by atoms with Crippen LogP contribution in [0.3, 0.4) is 0 Å². The molecule has 0 spiro atoms. The predicted molar refractivity (Wildman–Crippen MR) is 106 cm³/mol. The van der Waals surface area contributed by atoms with E-state index in [1.807, 2.05) is 0 Å². The van der Waals surface area contributed by atoms with Crippen LogP contribution in [0, 0.1) is 6.92 Å². The molecule has 3 rings (SSSR count). The van der Waals surface area contributed by atoms with E-state index in [0.717, 1.165) is 0 Å². The van der Waals surface area contributed by atoms with Crippen molar-refractivity contribution in [3.8, 4) is 0 Å². The van der Waals surface area contributed by atoms with Crippen molar-refractivity contribution in [3.05, 3.63) is 64.4 Å². The van der Waals surface area contributed by atoms with E-state index in [1.54, 1.807) is 0 Å². The minimum absolute atomic E-state index is 1.33. The van der Waals surface area contributed by atoms with Crippen molar-refractivity contribution in [1.29, 1.82) is 0 Å². The van der Waals surface area contributed by atoms with Gasteiger partial charge in [-0.1, -0.05) is 54.6 Å². The molecule has 0 aliphatic heterocycles. The third-order valence-corrected chi connectivity index (χ3v) is 4.83. The molecule has 0 fully saturated rings. The summed E-state index contributed by atoms with van der Waals surface area (Å²) in [5, 5.41) is 6.80. The Balaban J connectivity index is 2.74. The summed E-state index contributed by atoms with van der Waals surface area (Å²) in [6.07, 6.45) is 8.87. The zero-order chi connectivity index (χ0) is 16.6. The third kappa shape index (κ3) is 2.30. The van der Waals surface area contributed by atoms with Crippen LogP contribution in [0.15, 0.2) is 42.5 Å². The molecule has 0 N–H and O–H groups in total. The number of hydrogen-bond donors (Lipinski definition) is 0. The highest BCUT2D eigenvalue weighted by Crippen LogP contribution is 2.34. The van der Waals surface area contributed by atoms with E-state index in [2.05, 4.69) is 89.3 Å². The number of benzene rings is 3. The van der Waals surface area contributed by atoms with Gasteiger partial charge in [-0.3, -0.25) is 0 Å². The van der Waals surface area contributed by atoms with Crippen molar-refractivity contribution in [2.45, 2.75) is 34.6 Å². The smallest absolute Gasteiger partial charge is 0.00238 e. The van der Waals surface area contributed by atoms with Crippen molar-refractivity contribution in [2.75, 3.05) is 0 Å². The van der Waals surface area contributed by atoms with Gasteiger partial charge in [-0.2, -0.15) is 0 Å². The molecule has 0 saturated heterocycles. The van der Waals surface area contributed by atoms with Crippen molar-refractivity contribution in [1.82, 2.24) is 0 Å². The van der Waals surface area contributed by atoms with Gasteiger partial charge in [0.2, 0.25) is 0 Å². The van der Waals surface area contributed by atoms with Gasteiger partial charge in [0, 0.05) is 0 Å². The SMILES string of the molecule is C/C=C\c1c(/C(C)=C\C)/c(=C\C)c2cccc3c(C)ccc1c32. The highest BCUT2D eigenvalue weighted by Gasteiger charge is 2.14. The van der Waals surface area contributed by atoms with E-state index >= 15 is 0 Å². The minimum atomic E-state index is 1.33. The Morgan fingerprint density at radius 2 is 1.65 bits per heavy atom. The maximum atomic E-state index is 2.28. The van der Waals surface area contributed by atoms with Gasteiger partial charge >= 0.3 is 0 Å². The monoisotopic (exact) mass is 300 g/mol. The summed E-state index contributed by atoms with van der Waals surface area (Å²) in [6, 6.07) is 11.2. The summed E-state index contributed by atoms with van der Waals surface area (Å²) in [4.78, 5) is 0. The first kappa shape index (κ1) is 15.6. The average molecular weight is 300 g/mol. The summed E-state index contributed by atoms with van der Waals surface area (Å²) in [7, 11) is 0. The Kier molecular flexibility index (Phi) is 4.09. The lowest BCUT2D eigenvalue weighted by Gasteiger charge is -2.17. The van der Waals surface area contributed by atoms with Gasteiger partial charge in [0.05, 0.1) is 0 Å². The Hall–Kier alpha value is -2.34. The van der Waals surface area contributed by atoms with E-state index in [-0.39, 0.29) is 0 Å². The van der Waals surface area contributed by atoms with Crippen LogP contribution in [-0.2, 0) is 0 Å². The van der Waals surface area contributed by atoms with Gasteiger partial charge in [-0.25, -0.2) is 0 Å². The van der Waals surface area contributed by atoms with Gasteiger partial charge in [0.25, 0.3) is 0 Å². The van der Waals surface area contributed by atoms with Crippen molar-refractivity contribution in [2.24, 2.45) is 0 Å². The first-order valence-electron chi connectivity index (χ1n) is 8.34. The Bertz CT molecular complexity index is 998. The van der Waals surface area contributed by atoms with Crippen LogP contribution in [0.25, 0.3) is 39.3 Å². The fourth-order valence-electron chi connectivity index (χ4n) is 3.62.